The second-order valence-corrected chi connectivity index (χ2v) is 12.5. The Hall–Kier alpha value is -3.95. The van der Waals surface area contributed by atoms with E-state index in [2.05, 4.69) is 80.9 Å². The van der Waals surface area contributed by atoms with Gasteiger partial charge in [0.25, 0.3) is 5.91 Å². The van der Waals surface area contributed by atoms with Crippen LogP contribution >= 0.6 is 0 Å². The molecule has 6 heteroatoms. The zero-order chi connectivity index (χ0) is 35.5. The Morgan fingerprint density at radius 2 is 1.75 bits per heavy atom. The molecule has 2 aromatic carbocycles. The van der Waals surface area contributed by atoms with E-state index in [0.29, 0.717) is 23.4 Å². The number of nitrogens with zero attached hydrogens (tertiary/aromatic N) is 4. The lowest BCUT2D eigenvalue weighted by Gasteiger charge is -2.30. The Labute approximate surface area is 292 Å². The first-order valence-corrected chi connectivity index (χ1v) is 18.2. The molecule has 0 aliphatic carbocycles. The maximum atomic E-state index is 13.6. The molecular weight excluding hydrogens is 590 g/mol. The number of anilines is 1. The number of hydrogen-bond donors (Lipinski definition) is 1. The summed E-state index contributed by atoms with van der Waals surface area (Å²) in [6.07, 6.45) is 13.0. The molecule has 0 radical (unpaired) electrons. The van der Waals surface area contributed by atoms with E-state index in [-0.39, 0.29) is 17.9 Å². The van der Waals surface area contributed by atoms with E-state index in [4.69, 9.17) is 11.0 Å². The third-order valence-electron chi connectivity index (χ3n) is 9.25. The largest absolute Gasteiger partial charge is 0.384 e. The number of nitriles is 1. The highest BCUT2D eigenvalue weighted by Gasteiger charge is 2.24. The first kappa shape index (κ1) is 40.2. The van der Waals surface area contributed by atoms with Crippen LogP contribution in [0.5, 0.6) is 0 Å². The predicted molar refractivity (Wildman–Crippen MR) is 204 cm³/mol. The summed E-state index contributed by atoms with van der Waals surface area (Å²) >= 11 is 0. The number of benzene rings is 2. The first-order valence-electron chi connectivity index (χ1n) is 18.2. The number of aromatic nitrogens is 1. The van der Waals surface area contributed by atoms with E-state index >= 15 is 0 Å². The molecule has 1 aliphatic heterocycles. The van der Waals surface area contributed by atoms with Gasteiger partial charge in [0, 0.05) is 25.2 Å². The number of carbonyl (C=O) groups is 1. The Morgan fingerprint density at radius 3 is 2.33 bits per heavy atom. The molecule has 48 heavy (non-hydrogen) atoms. The molecule has 1 aliphatic rings. The van der Waals surface area contributed by atoms with Gasteiger partial charge in [0.1, 0.15) is 5.82 Å². The van der Waals surface area contributed by atoms with Crippen LogP contribution in [0.1, 0.15) is 130 Å². The van der Waals surface area contributed by atoms with Gasteiger partial charge in [0.2, 0.25) is 0 Å². The Kier molecular flexibility index (Phi) is 18.3. The van der Waals surface area contributed by atoms with E-state index in [1.54, 1.807) is 6.07 Å². The SMILES string of the molecule is CC.CCCCc1ccccc1C.CCc1c(C(=O)N(C)C(CC)CCN2CCCC2)cc(N)nc1/C=C\C(C)c1ccc(C#N)cc1. The van der Waals surface area contributed by atoms with Gasteiger partial charge in [0.15, 0.2) is 0 Å². The van der Waals surface area contributed by atoms with Crippen molar-refractivity contribution in [3.8, 4) is 6.07 Å². The maximum Gasteiger partial charge on any atom is 0.254 e. The van der Waals surface area contributed by atoms with Crippen molar-refractivity contribution in [1.29, 1.82) is 5.26 Å². The van der Waals surface area contributed by atoms with Crippen molar-refractivity contribution < 1.29 is 4.79 Å². The number of rotatable bonds is 13. The van der Waals surface area contributed by atoms with Gasteiger partial charge in [-0.25, -0.2) is 4.98 Å². The molecule has 1 fully saturated rings. The fraction of sp³-hybridized carbons (Fsp3) is 0.500. The van der Waals surface area contributed by atoms with E-state index in [1.807, 2.05) is 56.1 Å². The third-order valence-corrected chi connectivity index (χ3v) is 9.25. The van der Waals surface area contributed by atoms with Crippen LogP contribution < -0.4 is 5.73 Å². The zero-order valence-corrected chi connectivity index (χ0v) is 31.1. The number of amides is 1. The molecule has 0 saturated carbocycles. The number of nitrogens with two attached hydrogens (primary N) is 1. The van der Waals surface area contributed by atoms with Crippen molar-refractivity contribution in [2.75, 3.05) is 32.4 Å². The lowest BCUT2D eigenvalue weighted by atomic mass is 9.97. The minimum absolute atomic E-state index is 0.0130. The van der Waals surface area contributed by atoms with Gasteiger partial charge >= 0.3 is 0 Å². The van der Waals surface area contributed by atoms with E-state index in [9.17, 15) is 4.79 Å². The average molecular weight is 652 g/mol. The highest BCUT2D eigenvalue weighted by atomic mass is 16.2. The predicted octanol–water partition coefficient (Wildman–Crippen LogP) is 9.62. The summed E-state index contributed by atoms with van der Waals surface area (Å²) in [5, 5.41) is 9.02. The second-order valence-electron chi connectivity index (χ2n) is 12.5. The van der Waals surface area contributed by atoms with Crippen LogP contribution in [0.15, 0.2) is 60.7 Å². The number of hydrogen-bond acceptors (Lipinski definition) is 5. The molecule has 0 spiro atoms. The van der Waals surface area contributed by atoms with Crippen molar-refractivity contribution in [2.45, 2.75) is 112 Å². The molecule has 1 aromatic heterocycles. The highest BCUT2D eigenvalue weighted by molar-refractivity contribution is 5.97. The second kappa shape index (κ2) is 21.8. The van der Waals surface area contributed by atoms with Gasteiger partial charge in [0.05, 0.1) is 17.3 Å². The number of carbonyl (C=O) groups excluding carboxylic acids is 1. The minimum Gasteiger partial charge on any atom is -0.384 e. The molecule has 6 nitrogen and oxygen atoms in total. The van der Waals surface area contributed by atoms with Crippen LogP contribution in [0.25, 0.3) is 6.08 Å². The van der Waals surface area contributed by atoms with Gasteiger partial charge in [-0.3, -0.25) is 4.79 Å². The van der Waals surface area contributed by atoms with Gasteiger partial charge in [-0.2, -0.15) is 5.26 Å². The maximum absolute atomic E-state index is 13.6. The quantitative estimate of drug-likeness (QED) is 0.199. The average Bonchev–Trinajstić information content (AvgIpc) is 3.65. The van der Waals surface area contributed by atoms with Gasteiger partial charge in [-0.05, 0) is 117 Å². The van der Waals surface area contributed by atoms with Crippen molar-refractivity contribution in [3.63, 3.8) is 0 Å². The monoisotopic (exact) mass is 651 g/mol. The van der Waals surface area contributed by atoms with Crippen molar-refractivity contribution in [1.82, 2.24) is 14.8 Å². The number of unbranched alkanes of at least 4 members (excludes halogenated alkanes) is 1. The molecule has 3 aromatic rings. The summed E-state index contributed by atoms with van der Waals surface area (Å²) in [5.74, 6) is 0.501. The van der Waals surface area contributed by atoms with E-state index in [0.717, 1.165) is 36.2 Å². The number of aryl methyl sites for hydroxylation is 2. The van der Waals surface area contributed by atoms with Crippen LogP contribution in [-0.4, -0.2) is 53.4 Å². The number of likely N-dealkylation sites (tertiary alicyclic amines) is 1. The molecule has 1 amide bonds. The van der Waals surface area contributed by atoms with Crippen molar-refractivity contribution >= 4 is 17.8 Å². The van der Waals surface area contributed by atoms with Crippen molar-refractivity contribution in [2.24, 2.45) is 0 Å². The Morgan fingerprint density at radius 1 is 1.08 bits per heavy atom. The van der Waals surface area contributed by atoms with Crippen LogP contribution in [0.4, 0.5) is 5.82 Å². The molecule has 2 atom stereocenters. The minimum atomic E-state index is 0.0130. The molecule has 0 bridgehead atoms. The number of pyridine rings is 1. The normalized spacial score (nSPS) is 13.9. The van der Waals surface area contributed by atoms with E-state index in [1.165, 1.54) is 56.3 Å². The van der Waals surface area contributed by atoms with Crippen LogP contribution in [0.3, 0.4) is 0 Å². The third kappa shape index (κ3) is 12.3. The van der Waals surface area contributed by atoms with Crippen LogP contribution in [0.2, 0.25) is 0 Å². The summed E-state index contributed by atoms with van der Waals surface area (Å²) < 4.78 is 0. The fourth-order valence-corrected chi connectivity index (χ4v) is 6.14. The lowest BCUT2D eigenvalue weighted by molar-refractivity contribution is 0.0709. The molecule has 260 valence electrons. The summed E-state index contributed by atoms with van der Waals surface area (Å²) in [6, 6.07) is 20.3. The Balaban J connectivity index is 0.000000517. The molecule has 2 unspecified atom stereocenters. The lowest BCUT2D eigenvalue weighted by Crippen LogP contribution is -2.39. The zero-order valence-electron chi connectivity index (χ0n) is 31.1. The highest BCUT2D eigenvalue weighted by Crippen LogP contribution is 2.24. The standard InChI is InChI=1S/C29H39N5O.C11H16.C2H6/c1-5-24(15-18-34-16-7-8-17-34)33(4)29(35)26-19-28(31)32-27(25(26)6-2)14-9-21(3)23-12-10-22(20-30)11-13-23;1-3-4-8-11-9-6-5-7-10(11)2;1-2/h9-14,19,21,24H,5-8,15-18H2,1-4H3,(H2,31,32);5-7,9H,3-4,8H2,1-2H3;1-2H3/b14-9-;;. The number of allylic oxidation sites excluding steroid dienone is 1. The van der Waals surface area contributed by atoms with Crippen LogP contribution in [0, 0.1) is 18.3 Å². The summed E-state index contributed by atoms with van der Waals surface area (Å²) in [7, 11) is 1.92. The van der Waals surface area contributed by atoms with Crippen molar-refractivity contribution in [3.05, 3.63) is 99.7 Å². The molecule has 2 heterocycles. The summed E-state index contributed by atoms with van der Waals surface area (Å²) in [6.45, 7) is 18.1. The molecule has 2 N–H and O–H groups in total. The van der Waals surface area contributed by atoms with Gasteiger partial charge in [-0.1, -0.05) is 90.4 Å². The number of nitrogen functional groups attached to an aromatic ring is 1. The van der Waals surface area contributed by atoms with Gasteiger partial charge < -0.3 is 15.5 Å². The van der Waals surface area contributed by atoms with Crippen LogP contribution in [-0.2, 0) is 12.8 Å². The smallest absolute Gasteiger partial charge is 0.254 e. The van der Waals surface area contributed by atoms with Gasteiger partial charge in [-0.15, -0.1) is 0 Å². The summed E-state index contributed by atoms with van der Waals surface area (Å²) in [5.41, 5.74) is 13.2. The molecular formula is C42H61N5O. The summed E-state index contributed by atoms with van der Waals surface area (Å²) in [4.78, 5) is 22.6. The molecule has 4 rings (SSSR count). The topological polar surface area (TPSA) is 86.2 Å². The van der Waals surface area contributed by atoms with E-state index < -0.39 is 0 Å². The Bertz CT molecular complexity index is 1450. The first-order chi connectivity index (χ1) is 23.2. The fourth-order valence-electron chi connectivity index (χ4n) is 6.14. The molecule has 1 saturated heterocycles.